The summed E-state index contributed by atoms with van der Waals surface area (Å²) in [7, 11) is 0. The summed E-state index contributed by atoms with van der Waals surface area (Å²) in [6.45, 7) is 5.97. The molecule has 1 amide bonds. The summed E-state index contributed by atoms with van der Waals surface area (Å²) >= 11 is 0. The fraction of sp³-hybridized carbons (Fsp3) is 0.389. The van der Waals surface area contributed by atoms with Gasteiger partial charge in [0.2, 0.25) is 5.76 Å². The zero-order valence-corrected chi connectivity index (χ0v) is 14.3. The summed E-state index contributed by atoms with van der Waals surface area (Å²) < 4.78 is 10.1. The number of ether oxygens (including phenoxy) is 1. The number of amides is 1. The van der Waals surface area contributed by atoms with Gasteiger partial charge < -0.3 is 19.1 Å². The second-order valence-electron chi connectivity index (χ2n) is 6.03. The Morgan fingerprint density at radius 2 is 1.84 bits per heavy atom. The van der Waals surface area contributed by atoms with Gasteiger partial charge in [-0.3, -0.25) is 4.79 Å². The molecule has 132 valence electrons. The predicted molar refractivity (Wildman–Crippen MR) is 91.4 cm³/mol. The van der Waals surface area contributed by atoms with E-state index in [-0.39, 0.29) is 11.7 Å². The largest absolute Gasteiger partial charge is 0.447 e. The lowest BCUT2D eigenvalue weighted by Crippen LogP contribution is -2.51. The van der Waals surface area contributed by atoms with Gasteiger partial charge in [0.15, 0.2) is 6.10 Å². The molecule has 1 aromatic carbocycles. The molecule has 0 unspecified atom stereocenters. The maximum atomic E-state index is 12.5. The average molecular weight is 343 g/mol. The van der Waals surface area contributed by atoms with Crippen molar-refractivity contribution in [2.45, 2.75) is 20.0 Å². The van der Waals surface area contributed by atoms with Gasteiger partial charge in [-0.05, 0) is 26.0 Å². The van der Waals surface area contributed by atoms with Crippen LogP contribution in [-0.4, -0.2) is 54.2 Å². The maximum Gasteiger partial charge on any atom is 0.377 e. The third-order valence-corrected chi connectivity index (χ3v) is 4.17. The molecule has 1 aliphatic rings. The molecule has 7 nitrogen and oxygen atoms in total. The molecule has 2 aromatic rings. The van der Waals surface area contributed by atoms with E-state index < -0.39 is 12.1 Å². The number of nitrogens with zero attached hydrogens (tertiary/aromatic N) is 3. The van der Waals surface area contributed by atoms with Crippen molar-refractivity contribution in [2.75, 3.05) is 31.1 Å². The van der Waals surface area contributed by atoms with Crippen LogP contribution in [0.2, 0.25) is 0 Å². The predicted octanol–water partition coefficient (Wildman–Crippen LogP) is 1.88. The lowest BCUT2D eigenvalue weighted by Gasteiger charge is -2.36. The van der Waals surface area contributed by atoms with Crippen LogP contribution < -0.4 is 4.90 Å². The van der Waals surface area contributed by atoms with E-state index in [1.807, 2.05) is 18.2 Å². The van der Waals surface area contributed by atoms with Crippen LogP contribution in [0, 0.1) is 6.92 Å². The van der Waals surface area contributed by atoms with Gasteiger partial charge in [0.25, 0.3) is 5.91 Å². The molecular formula is C18H21N3O4. The number of aryl methyl sites for hydroxylation is 1. The highest BCUT2D eigenvalue weighted by Crippen LogP contribution is 2.16. The molecule has 3 rings (SSSR count). The van der Waals surface area contributed by atoms with Crippen molar-refractivity contribution < 1.29 is 18.8 Å². The monoisotopic (exact) mass is 343 g/mol. The smallest absolute Gasteiger partial charge is 0.377 e. The number of piperazine rings is 1. The number of aromatic nitrogens is 1. The normalized spacial score (nSPS) is 15.8. The molecule has 1 aromatic heterocycles. The summed E-state index contributed by atoms with van der Waals surface area (Å²) in [6, 6.07) is 11.6. The summed E-state index contributed by atoms with van der Waals surface area (Å²) in [5.74, 6) is -0.868. The van der Waals surface area contributed by atoms with Crippen LogP contribution in [0.1, 0.15) is 23.2 Å². The zero-order valence-electron chi connectivity index (χ0n) is 14.3. The first-order chi connectivity index (χ1) is 12.0. The first-order valence-corrected chi connectivity index (χ1v) is 8.27. The number of anilines is 1. The van der Waals surface area contributed by atoms with Gasteiger partial charge in [0, 0.05) is 37.9 Å². The Bertz CT molecular complexity index is 736. The molecule has 1 atom stereocenters. The van der Waals surface area contributed by atoms with Crippen molar-refractivity contribution in [1.82, 2.24) is 10.1 Å². The molecule has 1 saturated heterocycles. The van der Waals surface area contributed by atoms with Crippen molar-refractivity contribution in [2.24, 2.45) is 0 Å². The van der Waals surface area contributed by atoms with E-state index >= 15 is 0 Å². The van der Waals surface area contributed by atoms with E-state index in [0.29, 0.717) is 18.8 Å². The highest BCUT2D eigenvalue weighted by molar-refractivity contribution is 5.90. The van der Waals surface area contributed by atoms with Crippen LogP contribution in [-0.2, 0) is 9.53 Å². The molecular weight excluding hydrogens is 322 g/mol. The molecule has 0 saturated carbocycles. The molecule has 2 heterocycles. The van der Waals surface area contributed by atoms with Crippen LogP contribution in [0.3, 0.4) is 0 Å². The van der Waals surface area contributed by atoms with Gasteiger partial charge in [-0.15, -0.1) is 0 Å². The molecule has 0 radical (unpaired) electrons. The zero-order chi connectivity index (χ0) is 17.8. The molecule has 1 aliphatic heterocycles. The van der Waals surface area contributed by atoms with Gasteiger partial charge in [-0.2, -0.15) is 0 Å². The van der Waals surface area contributed by atoms with E-state index in [9.17, 15) is 9.59 Å². The Labute approximate surface area is 146 Å². The second-order valence-corrected chi connectivity index (χ2v) is 6.03. The standard InChI is InChI=1S/C18H21N3O4/c1-13-12-16(25-19-13)18(23)24-14(2)17(22)21-10-8-20(9-11-21)15-6-4-3-5-7-15/h3-7,12,14H,8-11H2,1-2H3/t14-/m1/s1. The number of carbonyl (C=O) groups excluding carboxylic acids is 2. The second kappa shape index (κ2) is 7.38. The maximum absolute atomic E-state index is 12.5. The molecule has 0 N–H and O–H groups in total. The minimum atomic E-state index is -0.860. The third kappa shape index (κ3) is 3.99. The van der Waals surface area contributed by atoms with Crippen molar-refractivity contribution in [3.63, 3.8) is 0 Å². The van der Waals surface area contributed by atoms with Crippen LogP contribution in [0.15, 0.2) is 40.9 Å². The minimum Gasteiger partial charge on any atom is -0.447 e. The van der Waals surface area contributed by atoms with Crippen LogP contribution in [0.25, 0.3) is 0 Å². The fourth-order valence-corrected chi connectivity index (χ4v) is 2.81. The highest BCUT2D eigenvalue weighted by atomic mass is 16.6. The molecule has 0 bridgehead atoms. The van der Waals surface area contributed by atoms with E-state index in [1.54, 1.807) is 18.7 Å². The van der Waals surface area contributed by atoms with Crippen molar-refractivity contribution in [3.8, 4) is 0 Å². The number of hydrogen-bond donors (Lipinski definition) is 0. The Kier molecular flexibility index (Phi) is 5.02. The molecule has 7 heteroatoms. The fourth-order valence-electron chi connectivity index (χ4n) is 2.81. The van der Waals surface area contributed by atoms with Gasteiger partial charge >= 0.3 is 5.97 Å². The van der Waals surface area contributed by atoms with E-state index in [1.165, 1.54) is 6.07 Å². The molecule has 0 aliphatic carbocycles. The lowest BCUT2D eigenvalue weighted by atomic mass is 10.2. The Hall–Kier alpha value is -2.83. The number of benzene rings is 1. The third-order valence-electron chi connectivity index (χ3n) is 4.17. The van der Waals surface area contributed by atoms with Crippen molar-refractivity contribution >= 4 is 17.6 Å². The Morgan fingerprint density at radius 1 is 1.16 bits per heavy atom. The first-order valence-electron chi connectivity index (χ1n) is 8.27. The van der Waals surface area contributed by atoms with Gasteiger partial charge in [0.1, 0.15) is 0 Å². The SMILES string of the molecule is Cc1cc(C(=O)O[C@H](C)C(=O)N2CCN(c3ccccc3)CC2)on1. The van der Waals surface area contributed by atoms with Crippen molar-refractivity contribution in [1.29, 1.82) is 0 Å². The summed E-state index contributed by atoms with van der Waals surface area (Å²) in [6.07, 6.45) is -0.860. The van der Waals surface area contributed by atoms with E-state index in [2.05, 4.69) is 22.2 Å². The van der Waals surface area contributed by atoms with Gasteiger partial charge in [-0.25, -0.2) is 4.79 Å². The topological polar surface area (TPSA) is 75.9 Å². The lowest BCUT2D eigenvalue weighted by molar-refractivity contribution is -0.140. The number of carbonyl (C=O) groups is 2. The number of para-hydroxylation sites is 1. The van der Waals surface area contributed by atoms with Gasteiger partial charge in [-0.1, -0.05) is 23.4 Å². The Balaban J connectivity index is 1.52. The van der Waals surface area contributed by atoms with Crippen molar-refractivity contribution in [3.05, 3.63) is 47.9 Å². The number of esters is 1. The average Bonchev–Trinajstić information content (AvgIpc) is 3.08. The minimum absolute atomic E-state index is 0.00560. The molecule has 25 heavy (non-hydrogen) atoms. The van der Waals surface area contributed by atoms with Gasteiger partial charge in [0.05, 0.1) is 5.69 Å². The van der Waals surface area contributed by atoms with E-state index in [4.69, 9.17) is 9.26 Å². The molecule has 1 fully saturated rings. The Morgan fingerprint density at radius 3 is 2.44 bits per heavy atom. The van der Waals surface area contributed by atoms with Crippen LogP contribution in [0.5, 0.6) is 0 Å². The number of hydrogen-bond acceptors (Lipinski definition) is 6. The number of rotatable bonds is 4. The van der Waals surface area contributed by atoms with E-state index in [0.717, 1.165) is 18.8 Å². The summed E-state index contributed by atoms with van der Waals surface area (Å²) in [5.41, 5.74) is 1.73. The molecule has 0 spiro atoms. The summed E-state index contributed by atoms with van der Waals surface area (Å²) in [4.78, 5) is 28.4. The quantitative estimate of drug-likeness (QED) is 0.789. The van der Waals surface area contributed by atoms with Crippen LogP contribution in [0.4, 0.5) is 5.69 Å². The van der Waals surface area contributed by atoms with Crippen LogP contribution >= 0.6 is 0 Å². The first kappa shape index (κ1) is 17.0. The summed E-state index contributed by atoms with van der Waals surface area (Å²) in [5, 5.41) is 3.64. The highest BCUT2D eigenvalue weighted by Gasteiger charge is 2.28.